The predicted octanol–water partition coefficient (Wildman–Crippen LogP) is 1.96. The molecule has 1 aromatic carbocycles. The van der Waals surface area contributed by atoms with Gasteiger partial charge in [0.1, 0.15) is 0 Å². The van der Waals surface area contributed by atoms with Crippen LogP contribution in [0.4, 0.5) is 10.5 Å². The average Bonchev–Trinajstić information content (AvgIpc) is 2.48. The van der Waals surface area contributed by atoms with E-state index >= 15 is 0 Å². The fourth-order valence-corrected chi connectivity index (χ4v) is 2.29. The number of urea groups is 1. The number of hydrogen-bond acceptors (Lipinski definition) is 3. The highest BCUT2D eigenvalue weighted by atomic mass is 16.3. The van der Waals surface area contributed by atoms with Crippen LogP contribution in [-0.4, -0.2) is 42.3 Å². The van der Waals surface area contributed by atoms with E-state index in [0.29, 0.717) is 32.0 Å². The van der Waals surface area contributed by atoms with E-state index in [-0.39, 0.29) is 12.1 Å². The fraction of sp³-hybridized carbons (Fsp3) is 0.533. The maximum Gasteiger partial charge on any atom is 0.321 e. The van der Waals surface area contributed by atoms with Crippen LogP contribution < -0.4 is 10.6 Å². The fourth-order valence-electron chi connectivity index (χ4n) is 2.29. The van der Waals surface area contributed by atoms with Gasteiger partial charge in [-0.15, -0.1) is 0 Å². The number of carbonyl (C=O) groups is 1. The maximum atomic E-state index is 12.1. The second-order valence-electron chi connectivity index (χ2n) is 5.28. The average molecular weight is 277 g/mol. The van der Waals surface area contributed by atoms with E-state index < -0.39 is 0 Å². The molecule has 2 amide bonds. The van der Waals surface area contributed by atoms with Crippen LogP contribution in [-0.2, 0) is 0 Å². The normalized spacial score (nSPS) is 17.9. The van der Waals surface area contributed by atoms with Crippen molar-refractivity contribution in [2.75, 3.05) is 25.5 Å². The lowest BCUT2D eigenvalue weighted by atomic mass is 10.1. The summed E-state index contributed by atoms with van der Waals surface area (Å²) in [6, 6.07) is 8.06. The summed E-state index contributed by atoms with van der Waals surface area (Å²) in [5, 5.41) is 15.5. The number of hydrogen-bond donors (Lipinski definition) is 3. The molecule has 5 nitrogen and oxygen atoms in total. The van der Waals surface area contributed by atoms with Gasteiger partial charge in [-0.3, -0.25) is 0 Å². The number of piperidine rings is 1. The van der Waals surface area contributed by atoms with Crippen molar-refractivity contribution >= 4 is 11.7 Å². The largest absolute Gasteiger partial charge is 0.393 e. The minimum absolute atomic E-state index is 0.0914. The number of aliphatic hydroxyl groups excluding tert-OH is 1. The molecule has 0 saturated carbocycles. The van der Waals surface area contributed by atoms with E-state index in [1.807, 2.05) is 31.3 Å². The lowest BCUT2D eigenvalue weighted by Crippen LogP contribution is -2.42. The molecular weight excluding hydrogens is 254 g/mol. The first kappa shape index (κ1) is 14.8. The smallest absolute Gasteiger partial charge is 0.321 e. The quantitative estimate of drug-likeness (QED) is 0.791. The number of rotatable bonds is 3. The summed E-state index contributed by atoms with van der Waals surface area (Å²) in [5.74, 6) is 0. The van der Waals surface area contributed by atoms with Gasteiger partial charge in [-0.1, -0.05) is 12.1 Å². The van der Waals surface area contributed by atoms with Crippen LogP contribution in [0.15, 0.2) is 24.3 Å². The molecule has 20 heavy (non-hydrogen) atoms. The summed E-state index contributed by atoms with van der Waals surface area (Å²) in [4.78, 5) is 13.8. The molecule has 0 spiro atoms. The first-order chi connectivity index (χ1) is 9.60. The molecule has 1 aliphatic heterocycles. The van der Waals surface area contributed by atoms with Crippen LogP contribution in [0.3, 0.4) is 0 Å². The Bertz CT molecular complexity index is 439. The molecule has 1 unspecified atom stereocenters. The van der Waals surface area contributed by atoms with Crippen molar-refractivity contribution in [1.29, 1.82) is 0 Å². The summed E-state index contributed by atoms with van der Waals surface area (Å²) >= 11 is 0. The molecule has 1 heterocycles. The Morgan fingerprint density at radius 1 is 1.30 bits per heavy atom. The van der Waals surface area contributed by atoms with Gasteiger partial charge in [-0.2, -0.15) is 0 Å². The summed E-state index contributed by atoms with van der Waals surface area (Å²) in [7, 11) is 1.92. The minimum Gasteiger partial charge on any atom is -0.393 e. The molecule has 0 aliphatic carbocycles. The zero-order chi connectivity index (χ0) is 14.5. The van der Waals surface area contributed by atoms with Crippen molar-refractivity contribution in [3.8, 4) is 0 Å². The van der Waals surface area contributed by atoms with Gasteiger partial charge < -0.3 is 20.6 Å². The van der Waals surface area contributed by atoms with E-state index in [1.54, 1.807) is 4.90 Å². The molecule has 1 aliphatic rings. The van der Waals surface area contributed by atoms with Crippen LogP contribution in [0.2, 0.25) is 0 Å². The van der Waals surface area contributed by atoms with Gasteiger partial charge in [0, 0.05) is 24.8 Å². The number of benzene rings is 1. The zero-order valence-corrected chi connectivity index (χ0v) is 12.1. The number of nitrogens with zero attached hydrogens (tertiary/aromatic N) is 1. The Balaban J connectivity index is 1.91. The van der Waals surface area contributed by atoms with E-state index in [1.165, 1.54) is 5.56 Å². The topological polar surface area (TPSA) is 64.6 Å². The molecule has 1 aromatic rings. The van der Waals surface area contributed by atoms with Gasteiger partial charge in [0.2, 0.25) is 0 Å². The van der Waals surface area contributed by atoms with E-state index in [4.69, 9.17) is 0 Å². The molecule has 3 N–H and O–H groups in total. The Morgan fingerprint density at radius 3 is 2.45 bits per heavy atom. The van der Waals surface area contributed by atoms with Crippen LogP contribution in [0.1, 0.15) is 31.4 Å². The molecule has 0 radical (unpaired) electrons. The summed E-state index contributed by atoms with van der Waals surface area (Å²) in [6.07, 6.45) is 1.05. The Hall–Kier alpha value is -1.59. The lowest BCUT2D eigenvalue weighted by Gasteiger charge is -2.29. The molecule has 2 rings (SSSR count). The third-order valence-electron chi connectivity index (χ3n) is 3.85. The Kier molecular flexibility index (Phi) is 4.98. The van der Waals surface area contributed by atoms with Crippen LogP contribution >= 0.6 is 0 Å². The molecule has 1 saturated heterocycles. The number of anilines is 1. The minimum atomic E-state index is -0.263. The number of aliphatic hydroxyl groups is 1. The standard InChI is InChI=1S/C15H23N3O2/c1-11(16-2)12-3-5-13(6-4-12)17-15(20)18-9-7-14(19)8-10-18/h3-6,11,14,16,19H,7-10H2,1-2H3,(H,17,20). The summed E-state index contributed by atoms with van der Waals surface area (Å²) in [5.41, 5.74) is 1.99. The van der Waals surface area contributed by atoms with Crippen molar-refractivity contribution in [2.24, 2.45) is 0 Å². The number of amides is 2. The SMILES string of the molecule is CNC(C)c1ccc(NC(=O)N2CCC(O)CC2)cc1. The molecular formula is C15H23N3O2. The highest BCUT2D eigenvalue weighted by Crippen LogP contribution is 2.17. The van der Waals surface area contributed by atoms with Crippen molar-refractivity contribution in [3.05, 3.63) is 29.8 Å². The molecule has 0 aromatic heterocycles. The predicted molar refractivity (Wildman–Crippen MR) is 79.7 cm³/mol. The monoisotopic (exact) mass is 277 g/mol. The van der Waals surface area contributed by atoms with Crippen LogP contribution in [0.25, 0.3) is 0 Å². The van der Waals surface area contributed by atoms with Gasteiger partial charge >= 0.3 is 6.03 Å². The number of carbonyl (C=O) groups excluding carboxylic acids is 1. The van der Waals surface area contributed by atoms with Gasteiger partial charge in [0.15, 0.2) is 0 Å². The van der Waals surface area contributed by atoms with Crippen LogP contribution in [0, 0.1) is 0 Å². The molecule has 1 fully saturated rings. The van der Waals surface area contributed by atoms with E-state index in [2.05, 4.69) is 17.6 Å². The highest BCUT2D eigenvalue weighted by molar-refractivity contribution is 5.89. The van der Waals surface area contributed by atoms with Crippen molar-refractivity contribution < 1.29 is 9.90 Å². The number of nitrogens with one attached hydrogen (secondary N) is 2. The van der Waals surface area contributed by atoms with Gasteiger partial charge in [0.25, 0.3) is 0 Å². The lowest BCUT2D eigenvalue weighted by molar-refractivity contribution is 0.0972. The second kappa shape index (κ2) is 6.72. The van der Waals surface area contributed by atoms with Crippen molar-refractivity contribution in [3.63, 3.8) is 0 Å². The van der Waals surface area contributed by atoms with Crippen LogP contribution in [0.5, 0.6) is 0 Å². The Labute approximate surface area is 120 Å². The molecule has 110 valence electrons. The second-order valence-corrected chi connectivity index (χ2v) is 5.28. The third kappa shape index (κ3) is 3.71. The summed E-state index contributed by atoms with van der Waals surface area (Å²) in [6.45, 7) is 3.32. The highest BCUT2D eigenvalue weighted by Gasteiger charge is 2.21. The molecule has 0 bridgehead atoms. The first-order valence-corrected chi connectivity index (χ1v) is 7.11. The first-order valence-electron chi connectivity index (χ1n) is 7.11. The van der Waals surface area contributed by atoms with Gasteiger partial charge in [-0.05, 0) is 44.5 Å². The molecule has 5 heteroatoms. The Morgan fingerprint density at radius 2 is 1.90 bits per heavy atom. The van der Waals surface area contributed by atoms with Gasteiger partial charge in [0.05, 0.1) is 6.10 Å². The van der Waals surface area contributed by atoms with E-state index in [9.17, 15) is 9.90 Å². The zero-order valence-electron chi connectivity index (χ0n) is 12.1. The van der Waals surface area contributed by atoms with Crippen molar-refractivity contribution in [1.82, 2.24) is 10.2 Å². The molecule has 1 atom stereocenters. The third-order valence-corrected chi connectivity index (χ3v) is 3.85. The van der Waals surface area contributed by atoms with Crippen molar-refractivity contribution in [2.45, 2.75) is 31.9 Å². The van der Waals surface area contributed by atoms with E-state index in [0.717, 1.165) is 5.69 Å². The number of likely N-dealkylation sites (tertiary alicyclic amines) is 1. The van der Waals surface area contributed by atoms with Gasteiger partial charge in [-0.25, -0.2) is 4.79 Å². The summed E-state index contributed by atoms with van der Waals surface area (Å²) < 4.78 is 0. The maximum absolute atomic E-state index is 12.1.